The van der Waals surface area contributed by atoms with Crippen molar-refractivity contribution >= 4 is 6.03 Å². The molecular weight excluding hydrogens is 248 g/mol. The van der Waals surface area contributed by atoms with E-state index in [1.165, 1.54) is 5.56 Å². The van der Waals surface area contributed by atoms with Gasteiger partial charge in [0.15, 0.2) is 0 Å². The van der Waals surface area contributed by atoms with Crippen LogP contribution in [0.4, 0.5) is 4.79 Å². The van der Waals surface area contributed by atoms with E-state index < -0.39 is 0 Å². The summed E-state index contributed by atoms with van der Waals surface area (Å²) in [4.78, 5) is 14.2. The third-order valence-electron chi connectivity index (χ3n) is 4.44. The second kappa shape index (κ2) is 6.12. The average Bonchev–Trinajstić information content (AvgIpc) is 2.92. The summed E-state index contributed by atoms with van der Waals surface area (Å²) in [6.45, 7) is 2.56. The Balaban J connectivity index is 1.44. The van der Waals surface area contributed by atoms with Crippen LogP contribution in [0.1, 0.15) is 18.4 Å². The number of hydrogen-bond acceptors (Lipinski definition) is 1. The molecule has 0 saturated carbocycles. The fourth-order valence-electron chi connectivity index (χ4n) is 3.25. The van der Waals surface area contributed by atoms with Gasteiger partial charge < -0.3 is 10.2 Å². The fraction of sp³-hybridized carbons (Fsp3) is 0.471. The van der Waals surface area contributed by atoms with Crippen LogP contribution < -0.4 is 5.32 Å². The van der Waals surface area contributed by atoms with Gasteiger partial charge in [-0.1, -0.05) is 42.5 Å². The number of nitrogens with one attached hydrogen (secondary N) is 1. The number of nitrogens with zero attached hydrogens (tertiary/aromatic N) is 1. The number of carbonyl (C=O) groups is 1. The van der Waals surface area contributed by atoms with Crippen LogP contribution in [-0.4, -0.2) is 30.6 Å². The third kappa shape index (κ3) is 3.03. The van der Waals surface area contributed by atoms with E-state index in [9.17, 15) is 4.79 Å². The van der Waals surface area contributed by atoms with Crippen molar-refractivity contribution in [2.24, 2.45) is 11.8 Å². The molecule has 1 heterocycles. The third-order valence-corrected chi connectivity index (χ3v) is 4.44. The number of allylic oxidation sites excluding steroid dienone is 2. The summed E-state index contributed by atoms with van der Waals surface area (Å²) in [5.41, 5.74) is 1.27. The molecule has 2 aliphatic rings. The highest BCUT2D eigenvalue weighted by Gasteiger charge is 2.34. The molecule has 0 spiro atoms. The fourth-order valence-corrected chi connectivity index (χ4v) is 3.25. The summed E-state index contributed by atoms with van der Waals surface area (Å²) >= 11 is 0. The van der Waals surface area contributed by atoms with E-state index in [1.54, 1.807) is 0 Å². The molecule has 1 aromatic carbocycles. The summed E-state index contributed by atoms with van der Waals surface area (Å²) < 4.78 is 0. The Bertz CT molecular complexity index is 467. The van der Waals surface area contributed by atoms with Gasteiger partial charge in [-0.05, 0) is 36.7 Å². The number of benzene rings is 1. The Labute approximate surface area is 120 Å². The van der Waals surface area contributed by atoms with E-state index in [2.05, 4.69) is 29.6 Å². The molecule has 2 unspecified atom stereocenters. The van der Waals surface area contributed by atoms with E-state index in [-0.39, 0.29) is 6.03 Å². The molecule has 1 saturated heterocycles. The van der Waals surface area contributed by atoms with Gasteiger partial charge >= 0.3 is 6.03 Å². The summed E-state index contributed by atoms with van der Waals surface area (Å²) in [7, 11) is 0. The number of urea groups is 1. The second-order valence-corrected chi connectivity index (χ2v) is 5.84. The van der Waals surface area contributed by atoms with Crippen molar-refractivity contribution in [1.29, 1.82) is 0 Å². The number of hydrogen-bond donors (Lipinski definition) is 1. The standard InChI is InChI=1S/C17H22N2O/c20-17(18-11-10-14-6-2-1-3-7-14)19-12-15-8-4-5-9-16(15)13-19/h1-7,15-16H,8-13H2,(H,18,20). The monoisotopic (exact) mass is 270 g/mol. The normalized spacial score (nSPS) is 24.5. The van der Waals surface area contributed by atoms with Crippen molar-refractivity contribution in [1.82, 2.24) is 10.2 Å². The van der Waals surface area contributed by atoms with Crippen molar-refractivity contribution in [3.8, 4) is 0 Å². The van der Waals surface area contributed by atoms with Gasteiger partial charge in [0.1, 0.15) is 0 Å². The van der Waals surface area contributed by atoms with Gasteiger partial charge in [0, 0.05) is 19.6 Å². The zero-order valence-corrected chi connectivity index (χ0v) is 11.8. The van der Waals surface area contributed by atoms with Gasteiger partial charge in [-0.15, -0.1) is 0 Å². The molecule has 2 amide bonds. The first kappa shape index (κ1) is 13.2. The molecule has 1 fully saturated rings. The van der Waals surface area contributed by atoms with Crippen molar-refractivity contribution in [2.75, 3.05) is 19.6 Å². The summed E-state index contributed by atoms with van der Waals surface area (Å²) in [6.07, 6.45) is 7.70. The minimum absolute atomic E-state index is 0.107. The predicted octanol–water partition coefficient (Wildman–Crippen LogP) is 2.84. The Morgan fingerprint density at radius 3 is 2.40 bits per heavy atom. The maximum atomic E-state index is 12.2. The number of fused-ring (bicyclic) bond motifs is 1. The average molecular weight is 270 g/mol. The quantitative estimate of drug-likeness (QED) is 0.842. The Morgan fingerprint density at radius 2 is 1.75 bits per heavy atom. The molecule has 2 atom stereocenters. The van der Waals surface area contributed by atoms with Gasteiger partial charge in [-0.2, -0.15) is 0 Å². The molecule has 3 nitrogen and oxygen atoms in total. The van der Waals surface area contributed by atoms with Crippen LogP contribution in [0.15, 0.2) is 42.5 Å². The molecule has 1 N–H and O–H groups in total. The summed E-state index contributed by atoms with van der Waals surface area (Å²) in [6, 6.07) is 10.4. The van der Waals surface area contributed by atoms with Gasteiger partial charge in [0.25, 0.3) is 0 Å². The first-order valence-corrected chi connectivity index (χ1v) is 7.54. The van der Waals surface area contributed by atoms with E-state index in [4.69, 9.17) is 0 Å². The molecule has 0 bridgehead atoms. The first-order chi connectivity index (χ1) is 9.83. The predicted molar refractivity (Wildman–Crippen MR) is 80.5 cm³/mol. The summed E-state index contributed by atoms with van der Waals surface area (Å²) in [5.74, 6) is 1.36. The van der Waals surface area contributed by atoms with Crippen molar-refractivity contribution in [2.45, 2.75) is 19.3 Å². The molecule has 1 aromatic rings. The molecule has 3 rings (SSSR count). The Morgan fingerprint density at radius 1 is 1.10 bits per heavy atom. The smallest absolute Gasteiger partial charge is 0.317 e. The minimum atomic E-state index is 0.107. The van der Waals surface area contributed by atoms with Gasteiger partial charge in [-0.25, -0.2) is 4.79 Å². The molecule has 1 aliphatic carbocycles. The molecule has 0 radical (unpaired) electrons. The Kier molecular flexibility index (Phi) is 4.05. The lowest BCUT2D eigenvalue weighted by Crippen LogP contribution is -2.39. The highest BCUT2D eigenvalue weighted by atomic mass is 16.2. The highest BCUT2D eigenvalue weighted by molar-refractivity contribution is 5.74. The van der Waals surface area contributed by atoms with Gasteiger partial charge in [0.2, 0.25) is 0 Å². The number of likely N-dealkylation sites (tertiary alicyclic amines) is 1. The molecule has 3 heteroatoms. The number of carbonyl (C=O) groups excluding carboxylic acids is 1. The van der Waals surface area contributed by atoms with Crippen LogP contribution in [0.5, 0.6) is 0 Å². The van der Waals surface area contributed by atoms with Crippen LogP contribution in [0, 0.1) is 11.8 Å². The largest absolute Gasteiger partial charge is 0.338 e. The van der Waals surface area contributed by atoms with Crippen molar-refractivity contribution in [3.63, 3.8) is 0 Å². The second-order valence-electron chi connectivity index (χ2n) is 5.84. The lowest BCUT2D eigenvalue weighted by molar-refractivity contribution is 0.206. The van der Waals surface area contributed by atoms with Crippen LogP contribution in [0.2, 0.25) is 0 Å². The number of amides is 2. The molecule has 0 aromatic heterocycles. The van der Waals surface area contributed by atoms with Crippen LogP contribution >= 0.6 is 0 Å². The van der Waals surface area contributed by atoms with E-state index in [0.717, 1.165) is 32.4 Å². The SMILES string of the molecule is O=C(NCCc1ccccc1)N1CC2CC=CCC2C1. The molecular formula is C17H22N2O. The van der Waals surface area contributed by atoms with Gasteiger partial charge in [-0.3, -0.25) is 0 Å². The van der Waals surface area contributed by atoms with Crippen LogP contribution in [-0.2, 0) is 6.42 Å². The van der Waals surface area contributed by atoms with E-state index in [0.29, 0.717) is 18.4 Å². The number of rotatable bonds is 3. The van der Waals surface area contributed by atoms with E-state index in [1.807, 2.05) is 23.1 Å². The zero-order valence-electron chi connectivity index (χ0n) is 11.8. The maximum absolute atomic E-state index is 12.2. The topological polar surface area (TPSA) is 32.3 Å². The van der Waals surface area contributed by atoms with Crippen molar-refractivity contribution < 1.29 is 4.79 Å². The molecule has 20 heavy (non-hydrogen) atoms. The lowest BCUT2D eigenvalue weighted by Gasteiger charge is -2.17. The highest BCUT2D eigenvalue weighted by Crippen LogP contribution is 2.32. The van der Waals surface area contributed by atoms with Crippen LogP contribution in [0.25, 0.3) is 0 Å². The first-order valence-electron chi connectivity index (χ1n) is 7.54. The molecule has 106 valence electrons. The van der Waals surface area contributed by atoms with Gasteiger partial charge in [0.05, 0.1) is 0 Å². The maximum Gasteiger partial charge on any atom is 0.317 e. The zero-order chi connectivity index (χ0) is 13.8. The summed E-state index contributed by atoms with van der Waals surface area (Å²) in [5, 5.41) is 3.05. The lowest BCUT2D eigenvalue weighted by atomic mass is 9.86. The van der Waals surface area contributed by atoms with Crippen LogP contribution in [0.3, 0.4) is 0 Å². The van der Waals surface area contributed by atoms with E-state index >= 15 is 0 Å². The van der Waals surface area contributed by atoms with Crippen molar-refractivity contribution in [3.05, 3.63) is 48.0 Å². The Hall–Kier alpha value is -1.77. The molecule has 1 aliphatic heterocycles. The minimum Gasteiger partial charge on any atom is -0.338 e.